The zero-order valence-electron chi connectivity index (χ0n) is 10.1. The highest BCUT2D eigenvalue weighted by Gasteiger charge is 2.12. The molecule has 0 saturated heterocycles. The van der Waals surface area contributed by atoms with Gasteiger partial charge in [-0.05, 0) is 50.6 Å². The molecule has 1 N–H and O–H groups in total. The Hall–Kier alpha value is -1.44. The van der Waals surface area contributed by atoms with E-state index in [9.17, 15) is 5.11 Å². The van der Waals surface area contributed by atoms with Gasteiger partial charge in [0.25, 0.3) is 0 Å². The van der Waals surface area contributed by atoms with E-state index in [2.05, 4.69) is 6.08 Å². The molecule has 0 amide bonds. The van der Waals surface area contributed by atoms with Crippen molar-refractivity contribution < 1.29 is 9.84 Å². The third-order valence-electron chi connectivity index (χ3n) is 2.50. The van der Waals surface area contributed by atoms with Crippen molar-refractivity contribution in [2.75, 3.05) is 0 Å². The Morgan fingerprint density at radius 2 is 2.00 bits per heavy atom. The van der Waals surface area contributed by atoms with Crippen LogP contribution < -0.4 is 15.2 Å². The third-order valence-corrected chi connectivity index (χ3v) is 2.50. The van der Waals surface area contributed by atoms with E-state index in [0.29, 0.717) is 5.76 Å². The van der Waals surface area contributed by atoms with E-state index in [1.54, 1.807) is 0 Å². The maximum atomic E-state index is 9.74. The maximum absolute atomic E-state index is 9.74. The molecule has 0 unspecified atom stereocenters. The number of aliphatic hydroxyl groups excluding tert-OH is 1. The molecule has 0 bridgehead atoms. The minimum atomic E-state index is -0.186. The molecule has 0 fully saturated rings. The summed E-state index contributed by atoms with van der Waals surface area (Å²) in [5.41, 5.74) is -0.186. The van der Waals surface area contributed by atoms with E-state index in [4.69, 9.17) is 4.74 Å². The van der Waals surface area contributed by atoms with Crippen molar-refractivity contribution in [1.29, 1.82) is 0 Å². The van der Waals surface area contributed by atoms with Gasteiger partial charge in [0, 0.05) is 11.6 Å². The molecule has 2 heteroatoms. The molecular formula is C14H18O2. The fraction of sp³-hybridized carbons (Fsp3) is 0.429. The molecule has 0 aromatic heterocycles. The van der Waals surface area contributed by atoms with Gasteiger partial charge < -0.3 is 9.84 Å². The monoisotopic (exact) mass is 218 g/mol. The van der Waals surface area contributed by atoms with Crippen LogP contribution in [0, 0.1) is 0 Å². The standard InChI is InChI=1S/C14H18O2/c1-14(2,3)16-11-7-8-12-10(9-11)5-4-6-13(12)15/h5,7-9,15H,4,6H2,1-3H3. The van der Waals surface area contributed by atoms with Crippen molar-refractivity contribution in [1.82, 2.24) is 0 Å². The fourth-order valence-electron chi connectivity index (χ4n) is 1.89. The summed E-state index contributed by atoms with van der Waals surface area (Å²) in [4.78, 5) is 0. The summed E-state index contributed by atoms with van der Waals surface area (Å²) < 4.78 is 5.79. The quantitative estimate of drug-likeness (QED) is 0.782. The average Bonchev–Trinajstić information content (AvgIpc) is 2.15. The van der Waals surface area contributed by atoms with Crippen LogP contribution in [-0.4, -0.2) is 10.7 Å². The number of fused-ring (bicyclic) bond motifs is 1. The highest BCUT2D eigenvalue weighted by atomic mass is 16.5. The minimum Gasteiger partial charge on any atom is -0.512 e. The van der Waals surface area contributed by atoms with Crippen molar-refractivity contribution in [3.8, 4) is 5.75 Å². The highest BCUT2D eigenvalue weighted by molar-refractivity contribution is 5.46. The van der Waals surface area contributed by atoms with Crippen molar-refractivity contribution in [2.45, 2.75) is 39.2 Å². The van der Waals surface area contributed by atoms with E-state index in [0.717, 1.165) is 29.0 Å². The predicted octanol–water partition coefficient (Wildman–Crippen LogP) is 2.10. The molecule has 1 aromatic carbocycles. The average molecular weight is 218 g/mol. The van der Waals surface area contributed by atoms with Gasteiger partial charge in [-0.2, -0.15) is 0 Å². The second-order valence-electron chi connectivity index (χ2n) is 5.15. The summed E-state index contributed by atoms with van der Waals surface area (Å²) in [5, 5.41) is 11.8. The molecule has 86 valence electrons. The largest absolute Gasteiger partial charge is 0.512 e. The van der Waals surface area contributed by atoms with Crippen molar-refractivity contribution in [3.05, 3.63) is 28.6 Å². The summed E-state index contributed by atoms with van der Waals surface area (Å²) in [5.74, 6) is 1.34. The third kappa shape index (κ3) is 2.38. The van der Waals surface area contributed by atoms with Crippen LogP contribution >= 0.6 is 0 Å². The van der Waals surface area contributed by atoms with Crippen molar-refractivity contribution >= 4 is 11.8 Å². The molecule has 0 atom stereocenters. The van der Waals surface area contributed by atoms with Gasteiger partial charge in [0.05, 0.1) is 0 Å². The normalized spacial score (nSPS) is 15.3. The van der Waals surface area contributed by atoms with E-state index >= 15 is 0 Å². The van der Waals surface area contributed by atoms with Crippen LogP contribution in [-0.2, 0) is 0 Å². The van der Waals surface area contributed by atoms with Gasteiger partial charge in [0.2, 0.25) is 0 Å². The molecule has 0 aliphatic heterocycles. The van der Waals surface area contributed by atoms with Crippen LogP contribution in [0.4, 0.5) is 0 Å². The highest BCUT2D eigenvalue weighted by Crippen LogP contribution is 2.15. The number of rotatable bonds is 1. The number of benzene rings is 1. The smallest absolute Gasteiger partial charge is 0.120 e. The summed E-state index contributed by atoms with van der Waals surface area (Å²) >= 11 is 0. The molecule has 0 spiro atoms. The summed E-state index contributed by atoms with van der Waals surface area (Å²) in [6.07, 6.45) is 3.79. The van der Waals surface area contributed by atoms with E-state index in [1.165, 1.54) is 0 Å². The Labute approximate surface area is 95.9 Å². The first-order valence-electron chi connectivity index (χ1n) is 5.67. The molecular weight excluding hydrogens is 200 g/mol. The van der Waals surface area contributed by atoms with Crippen molar-refractivity contribution in [3.63, 3.8) is 0 Å². The zero-order valence-corrected chi connectivity index (χ0v) is 10.1. The van der Waals surface area contributed by atoms with E-state index < -0.39 is 0 Å². The number of aliphatic hydroxyl groups is 1. The Bertz CT molecular complexity index is 507. The van der Waals surface area contributed by atoms with Gasteiger partial charge in [0.15, 0.2) is 0 Å². The lowest BCUT2D eigenvalue weighted by Crippen LogP contribution is -2.31. The van der Waals surface area contributed by atoms with E-state index in [-0.39, 0.29) is 5.60 Å². The van der Waals surface area contributed by atoms with Crippen LogP contribution in [0.2, 0.25) is 0 Å². The Kier molecular flexibility index (Phi) is 2.66. The minimum absolute atomic E-state index is 0.186. The van der Waals surface area contributed by atoms with Crippen LogP contribution in [0.25, 0.3) is 11.8 Å². The number of hydrogen-bond acceptors (Lipinski definition) is 2. The number of ether oxygens (including phenoxy) is 1. The molecule has 2 rings (SSSR count). The molecule has 1 aliphatic rings. The SMILES string of the molecule is CC(C)(C)Oc1ccc2c(c1)=CCCC=2O. The summed E-state index contributed by atoms with van der Waals surface area (Å²) in [7, 11) is 0. The topological polar surface area (TPSA) is 29.5 Å². The van der Waals surface area contributed by atoms with Crippen molar-refractivity contribution in [2.24, 2.45) is 0 Å². The van der Waals surface area contributed by atoms with Crippen LogP contribution in [0.3, 0.4) is 0 Å². The molecule has 16 heavy (non-hydrogen) atoms. The first-order chi connectivity index (χ1) is 7.46. The number of hydrogen-bond donors (Lipinski definition) is 1. The molecule has 0 radical (unpaired) electrons. The van der Waals surface area contributed by atoms with Gasteiger partial charge in [0.1, 0.15) is 17.1 Å². The first kappa shape index (κ1) is 11.1. The second-order valence-corrected chi connectivity index (χ2v) is 5.15. The van der Waals surface area contributed by atoms with Gasteiger partial charge in [-0.15, -0.1) is 0 Å². The van der Waals surface area contributed by atoms with Gasteiger partial charge >= 0.3 is 0 Å². The molecule has 1 aliphatic carbocycles. The predicted molar refractivity (Wildman–Crippen MR) is 65.8 cm³/mol. The van der Waals surface area contributed by atoms with Gasteiger partial charge in [-0.25, -0.2) is 0 Å². The Morgan fingerprint density at radius 3 is 2.69 bits per heavy atom. The fourth-order valence-corrected chi connectivity index (χ4v) is 1.89. The molecule has 0 heterocycles. The Balaban J connectivity index is 2.45. The van der Waals surface area contributed by atoms with E-state index in [1.807, 2.05) is 39.0 Å². The molecule has 2 nitrogen and oxygen atoms in total. The van der Waals surface area contributed by atoms with Crippen LogP contribution in [0.5, 0.6) is 5.75 Å². The lowest BCUT2D eigenvalue weighted by atomic mass is 10.1. The summed E-state index contributed by atoms with van der Waals surface area (Å²) in [6.45, 7) is 6.08. The molecule has 1 aromatic rings. The van der Waals surface area contributed by atoms with Crippen LogP contribution in [0.1, 0.15) is 33.6 Å². The Morgan fingerprint density at radius 1 is 1.25 bits per heavy atom. The second kappa shape index (κ2) is 3.85. The van der Waals surface area contributed by atoms with Crippen LogP contribution in [0.15, 0.2) is 18.2 Å². The lowest BCUT2D eigenvalue weighted by molar-refractivity contribution is 0.131. The van der Waals surface area contributed by atoms with Gasteiger partial charge in [-0.1, -0.05) is 6.08 Å². The zero-order chi connectivity index (χ0) is 11.8. The van der Waals surface area contributed by atoms with Gasteiger partial charge in [-0.3, -0.25) is 0 Å². The molecule has 0 saturated carbocycles. The lowest BCUT2D eigenvalue weighted by Gasteiger charge is -2.21. The first-order valence-corrected chi connectivity index (χ1v) is 5.67. The maximum Gasteiger partial charge on any atom is 0.120 e. The summed E-state index contributed by atoms with van der Waals surface area (Å²) in [6, 6.07) is 5.84.